The molecule has 5 fully saturated rings. The first kappa shape index (κ1) is 18.0. The van der Waals surface area contributed by atoms with Crippen LogP contribution in [0.2, 0.25) is 0 Å². The second-order valence-electron chi connectivity index (χ2n) is 10.3. The Morgan fingerprint density at radius 2 is 1.67 bits per heavy atom. The summed E-state index contributed by atoms with van der Waals surface area (Å²) < 4.78 is 17.8. The number of carbonyl (C=O) groups is 2. The van der Waals surface area contributed by atoms with Gasteiger partial charge in [0.15, 0.2) is 0 Å². The van der Waals surface area contributed by atoms with Crippen LogP contribution in [-0.2, 0) is 23.8 Å². The van der Waals surface area contributed by atoms with Crippen LogP contribution in [0.25, 0.3) is 0 Å². The summed E-state index contributed by atoms with van der Waals surface area (Å²) in [5.74, 6) is 1.48. The molecule has 4 aliphatic carbocycles. The SMILES string of the molecule is CC(=O)O[C@H]1CC[C@]2(C)[C@H]3CC[C@]4(C)[C@@H](OC(C)=O)CC[C@H]4[C@@H]3[C@@H]3O[C@@]32C1. The van der Waals surface area contributed by atoms with Crippen molar-refractivity contribution in [3.05, 3.63) is 0 Å². The van der Waals surface area contributed by atoms with E-state index in [-0.39, 0.29) is 40.6 Å². The van der Waals surface area contributed by atoms with Crippen LogP contribution in [0.3, 0.4) is 0 Å². The van der Waals surface area contributed by atoms with E-state index in [1.165, 1.54) is 20.3 Å². The third-order valence-electron chi connectivity index (χ3n) is 9.28. The highest BCUT2D eigenvalue weighted by molar-refractivity contribution is 5.66. The van der Waals surface area contributed by atoms with Gasteiger partial charge in [-0.05, 0) is 56.3 Å². The number of esters is 2. The van der Waals surface area contributed by atoms with Crippen molar-refractivity contribution >= 4 is 11.9 Å². The van der Waals surface area contributed by atoms with Gasteiger partial charge in [0, 0.05) is 31.1 Å². The minimum Gasteiger partial charge on any atom is -0.462 e. The Morgan fingerprint density at radius 3 is 2.37 bits per heavy atom. The minimum atomic E-state index is -0.180. The zero-order chi connectivity index (χ0) is 19.2. The Balaban J connectivity index is 1.42. The van der Waals surface area contributed by atoms with Gasteiger partial charge in [-0.15, -0.1) is 0 Å². The van der Waals surface area contributed by atoms with Crippen LogP contribution >= 0.6 is 0 Å². The Morgan fingerprint density at radius 1 is 0.926 bits per heavy atom. The van der Waals surface area contributed by atoms with Gasteiger partial charge in [0.1, 0.15) is 17.8 Å². The van der Waals surface area contributed by atoms with E-state index < -0.39 is 0 Å². The van der Waals surface area contributed by atoms with E-state index in [4.69, 9.17) is 14.2 Å². The maximum absolute atomic E-state index is 11.6. The predicted octanol–water partition coefficient (Wildman–Crippen LogP) is 3.63. The van der Waals surface area contributed by atoms with Crippen LogP contribution in [0, 0.1) is 28.6 Å². The Labute approximate surface area is 161 Å². The molecule has 5 heteroatoms. The number of carbonyl (C=O) groups excluding carboxylic acids is 2. The van der Waals surface area contributed by atoms with Crippen LogP contribution < -0.4 is 0 Å². The lowest BCUT2D eigenvalue weighted by Crippen LogP contribution is -2.50. The fraction of sp³-hybridized carbons (Fsp3) is 0.909. The van der Waals surface area contributed by atoms with Crippen LogP contribution in [0.4, 0.5) is 0 Å². The first-order valence-corrected chi connectivity index (χ1v) is 10.7. The van der Waals surface area contributed by atoms with Crippen molar-refractivity contribution in [1.29, 1.82) is 0 Å². The molecule has 0 aromatic heterocycles. The van der Waals surface area contributed by atoms with Gasteiger partial charge in [-0.1, -0.05) is 13.8 Å². The lowest BCUT2D eigenvalue weighted by atomic mass is 9.55. The minimum absolute atomic E-state index is 0.00415. The third kappa shape index (κ3) is 2.21. The molecule has 1 heterocycles. The lowest BCUT2D eigenvalue weighted by Gasteiger charge is -2.52. The second-order valence-corrected chi connectivity index (χ2v) is 10.3. The summed E-state index contributed by atoms with van der Waals surface area (Å²) in [6, 6.07) is 0. The fourth-order valence-corrected chi connectivity index (χ4v) is 8.09. The number of rotatable bonds is 2. The molecule has 5 rings (SSSR count). The van der Waals surface area contributed by atoms with Crippen LogP contribution in [-0.4, -0.2) is 35.9 Å². The molecule has 1 spiro atoms. The molecule has 0 amide bonds. The zero-order valence-electron chi connectivity index (χ0n) is 17.0. The Hall–Kier alpha value is -1.10. The van der Waals surface area contributed by atoms with E-state index >= 15 is 0 Å². The predicted molar refractivity (Wildman–Crippen MR) is 97.7 cm³/mol. The summed E-state index contributed by atoms with van der Waals surface area (Å²) in [5, 5.41) is 0. The molecule has 0 bridgehead atoms. The molecule has 0 unspecified atom stereocenters. The molecule has 1 aliphatic heterocycles. The van der Waals surface area contributed by atoms with Crippen molar-refractivity contribution < 1.29 is 23.8 Å². The van der Waals surface area contributed by atoms with Crippen molar-refractivity contribution in [3.8, 4) is 0 Å². The standard InChI is InChI=1S/C22H32O5/c1-12(23)25-14-7-10-21(4)16-8-9-20(3)15(5-6-17(20)26-13(2)24)18(16)19-22(21,11-14)27-19/h14-19H,5-11H2,1-4H3/t14-,15-,16-,17-,18-,19-,20-,21+,22-/m0/s1. The molecule has 150 valence electrons. The van der Waals surface area contributed by atoms with Gasteiger partial charge < -0.3 is 14.2 Å². The van der Waals surface area contributed by atoms with Crippen molar-refractivity contribution in [2.24, 2.45) is 28.6 Å². The van der Waals surface area contributed by atoms with Crippen molar-refractivity contribution in [1.82, 2.24) is 0 Å². The summed E-state index contributed by atoms with van der Waals surface area (Å²) in [4.78, 5) is 23.1. The third-order valence-corrected chi connectivity index (χ3v) is 9.28. The molecule has 27 heavy (non-hydrogen) atoms. The van der Waals surface area contributed by atoms with E-state index in [1.54, 1.807) is 0 Å². The Kier molecular flexibility index (Phi) is 3.65. The summed E-state index contributed by atoms with van der Waals surface area (Å²) in [5.41, 5.74) is 0.185. The van der Waals surface area contributed by atoms with Gasteiger partial charge >= 0.3 is 11.9 Å². The number of fused-ring (bicyclic) bond motifs is 5. The van der Waals surface area contributed by atoms with E-state index in [2.05, 4.69) is 13.8 Å². The molecule has 0 radical (unpaired) electrons. The average Bonchev–Trinajstić information content (AvgIpc) is 3.13. The number of hydrogen-bond acceptors (Lipinski definition) is 5. The second kappa shape index (κ2) is 5.49. The number of hydrogen-bond donors (Lipinski definition) is 0. The summed E-state index contributed by atoms with van der Waals surface area (Å²) in [6.45, 7) is 7.81. The summed E-state index contributed by atoms with van der Waals surface area (Å²) >= 11 is 0. The van der Waals surface area contributed by atoms with Gasteiger partial charge in [-0.25, -0.2) is 0 Å². The molecule has 5 aliphatic rings. The molecule has 1 saturated heterocycles. The maximum atomic E-state index is 11.6. The molecule has 9 atom stereocenters. The number of epoxide rings is 1. The molecule has 5 nitrogen and oxygen atoms in total. The molecule has 0 N–H and O–H groups in total. The largest absolute Gasteiger partial charge is 0.462 e. The highest BCUT2D eigenvalue weighted by Gasteiger charge is 2.82. The fourth-order valence-electron chi connectivity index (χ4n) is 8.09. The van der Waals surface area contributed by atoms with Gasteiger partial charge in [0.25, 0.3) is 0 Å². The van der Waals surface area contributed by atoms with E-state index in [0.717, 1.165) is 38.5 Å². The molecule has 0 aromatic carbocycles. The van der Waals surface area contributed by atoms with Crippen LogP contribution in [0.5, 0.6) is 0 Å². The average molecular weight is 376 g/mol. The first-order chi connectivity index (χ1) is 12.7. The summed E-state index contributed by atoms with van der Waals surface area (Å²) in [7, 11) is 0. The summed E-state index contributed by atoms with van der Waals surface area (Å²) in [6.07, 6.45) is 7.71. The van der Waals surface area contributed by atoms with Gasteiger partial charge in [-0.3, -0.25) is 9.59 Å². The topological polar surface area (TPSA) is 65.1 Å². The van der Waals surface area contributed by atoms with Crippen LogP contribution in [0.15, 0.2) is 0 Å². The normalized spacial score (nSPS) is 55.0. The highest BCUT2D eigenvalue weighted by Crippen LogP contribution is 2.77. The first-order valence-electron chi connectivity index (χ1n) is 10.7. The number of ether oxygens (including phenoxy) is 3. The quantitative estimate of drug-likeness (QED) is 0.544. The van der Waals surface area contributed by atoms with Crippen LogP contribution in [0.1, 0.15) is 72.6 Å². The van der Waals surface area contributed by atoms with E-state index in [0.29, 0.717) is 23.9 Å². The van der Waals surface area contributed by atoms with Crippen molar-refractivity contribution in [2.45, 2.75) is 96.6 Å². The van der Waals surface area contributed by atoms with Gasteiger partial charge in [-0.2, -0.15) is 0 Å². The highest BCUT2D eigenvalue weighted by atomic mass is 16.6. The lowest BCUT2D eigenvalue weighted by molar-refractivity contribution is -0.159. The smallest absolute Gasteiger partial charge is 0.302 e. The maximum Gasteiger partial charge on any atom is 0.302 e. The van der Waals surface area contributed by atoms with E-state index in [9.17, 15) is 9.59 Å². The molecule has 4 saturated carbocycles. The van der Waals surface area contributed by atoms with E-state index in [1.807, 2.05) is 0 Å². The molecule has 0 aromatic rings. The Bertz CT molecular complexity index is 690. The molecular weight excluding hydrogens is 344 g/mol. The van der Waals surface area contributed by atoms with Gasteiger partial charge in [0.05, 0.1) is 6.10 Å². The van der Waals surface area contributed by atoms with Gasteiger partial charge in [0.2, 0.25) is 0 Å². The van der Waals surface area contributed by atoms with Crippen molar-refractivity contribution in [2.75, 3.05) is 0 Å². The zero-order valence-corrected chi connectivity index (χ0v) is 17.0. The monoisotopic (exact) mass is 376 g/mol. The molecular formula is C22H32O5. The van der Waals surface area contributed by atoms with Crippen molar-refractivity contribution in [3.63, 3.8) is 0 Å².